The van der Waals surface area contributed by atoms with Gasteiger partial charge in [-0.2, -0.15) is 0 Å². The highest BCUT2D eigenvalue weighted by Crippen LogP contribution is 1.99. The Morgan fingerprint density at radius 3 is 2.38 bits per heavy atom. The fraction of sp³-hybridized carbons (Fsp3) is 0.900. The van der Waals surface area contributed by atoms with E-state index in [2.05, 4.69) is 18.7 Å². The van der Waals surface area contributed by atoms with E-state index >= 15 is 0 Å². The number of thiocarbonyl (C=S) groups is 1. The van der Waals surface area contributed by atoms with Gasteiger partial charge in [0.05, 0.1) is 4.99 Å². The van der Waals surface area contributed by atoms with Crippen LogP contribution in [0.5, 0.6) is 0 Å². The number of hydrogen-bond donors (Lipinski definition) is 1. The van der Waals surface area contributed by atoms with Gasteiger partial charge in [0.2, 0.25) is 0 Å². The lowest BCUT2D eigenvalue weighted by atomic mass is 10.2. The second-order valence-corrected chi connectivity index (χ2v) is 3.88. The van der Waals surface area contributed by atoms with E-state index in [1.54, 1.807) is 0 Å². The molecule has 0 saturated carbocycles. The predicted octanol–water partition coefficient (Wildman–Crippen LogP) is 2.17. The molecule has 0 heterocycles. The largest absolute Gasteiger partial charge is 0.393 e. The van der Waals surface area contributed by atoms with Crippen LogP contribution < -0.4 is 5.73 Å². The second kappa shape index (κ2) is 8.45. The van der Waals surface area contributed by atoms with Crippen LogP contribution in [0.2, 0.25) is 0 Å². The van der Waals surface area contributed by atoms with Gasteiger partial charge >= 0.3 is 0 Å². The summed E-state index contributed by atoms with van der Waals surface area (Å²) in [5.74, 6) is 0. The minimum Gasteiger partial charge on any atom is -0.393 e. The Kier molecular flexibility index (Phi) is 8.35. The Balaban J connectivity index is 3.32. The molecule has 0 radical (unpaired) electrons. The lowest BCUT2D eigenvalue weighted by Gasteiger charge is -2.18. The molecule has 0 aromatic carbocycles. The molecule has 78 valence electrons. The fourth-order valence-corrected chi connectivity index (χ4v) is 1.52. The lowest BCUT2D eigenvalue weighted by molar-refractivity contribution is 0.283. The molecule has 0 rings (SSSR count). The molecule has 0 aliphatic carbocycles. The minimum atomic E-state index is 0.651. The summed E-state index contributed by atoms with van der Waals surface area (Å²) in [6.45, 7) is 7.98. The van der Waals surface area contributed by atoms with Gasteiger partial charge in [0.1, 0.15) is 0 Å². The molecule has 0 aliphatic rings. The van der Waals surface area contributed by atoms with E-state index in [0.29, 0.717) is 4.99 Å². The van der Waals surface area contributed by atoms with Gasteiger partial charge in [-0.1, -0.05) is 26.1 Å². The van der Waals surface area contributed by atoms with E-state index < -0.39 is 0 Å². The summed E-state index contributed by atoms with van der Waals surface area (Å²) in [5.41, 5.74) is 5.42. The van der Waals surface area contributed by atoms with Gasteiger partial charge in [0, 0.05) is 0 Å². The third-order valence-corrected chi connectivity index (χ3v) is 2.34. The maximum atomic E-state index is 5.42. The van der Waals surface area contributed by atoms with E-state index in [0.717, 1.165) is 19.4 Å². The summed E-state index contributed by atoms with van der Waals surface area (Å²) >= 11 is 4.82. The zero-order valence-electron chi connectivity index (χ0n) is 8.88. The quantitative estimate of drug-likeness (QED) is 0.483. The molecular formula is C10H22N2S. The Bertz CT molecular complexity index is 137. The molecule has 0 aromatic rings. The van der Waals surface area contributed by atoms with E-state index in [4.69, 9.17) is 18.0 Å². The Morgan fingerprint density at radius 1 is 1.23 bits per heavy atom. The standard InChI is InChI=1S/C10H22N2S/c1-3-8-12(4-2)9-6-5-7-10(11)13/h3-9H2,1-2H3,(H2,11,13). The van der Waals surface area contributed by atoms with E-state index in [1.807, 2.05) is 0 Å². The fourth-order valence-electron chi connectivity index (χ4n) is 1.38. The third-order valence-electron chi connectivity index (χ3n) is 2.13. The van der Waals surface area contributed by atoms with Crippen molar-refractivity contribution in [3.05, 3.63) is 0 Å². The molecule has 0 atom stereocenters. The summed E-state index contributed by atoms with van der Waals surface area (Å²) in [4.78, 5) is 3.12. The number of nitrogens with two attached hydrogens (primary N) is 1. The summed E-state index contributed by atoms with van der Waals surface area (Å²) in [6, 6.07) is 0. The van der Waals surface area contributed by atoms with Crippen LogP contribution in [-0.2, 0) is 0 Å². The maximum Gasteiger partial charge on any atom is 0.0727 e. The molecule has 0 aliphatic heterocycles. The van der Waals surface area contributed by atoms with Crippen molar-refractivity contribution in [3.8, 4) is 0 Å². The third kappa shape index (κ3) is 8.19. The Hall–Kier alpha value is -0.150. The van der Waals surface area contributed by atoms with E-state index in [9.17, 15) is 0 Å². The zero-order chi connectivity index (χ0) is 10.1. The van der Waals surface area contributed by atoms with Gasteiger partial charge in [-0.15, -0.1) is 0 Å². The number of rotatable bonds is 8. The monoisotopic (exact) mass is 202 g/mol. The van der Waals surface area contributed by atoms with Crippen LogP contribution in [0.25, 0.3) is 0 Å². The molecule has 0 aromatic heterocycles. The second-order valence-electron chi connectivity index (χ2n) is 3.36. The van der Waals surface area contributed by atoms with Crippen LogP contribution in [0.1, 0.15) is 39.5 Å². The molecule has 0 bridgehead atoms. The topological polar surface area (TPSA) is 29.3 Å². The van der Waals surface area contributed by atoms with Crippen molar-refractivity contribution in [2.75, 3.05) is 19.6 Å². The summed E-state index contributed by atoms with van der Waals surface area (Å²) in [5, 5.41) is 0. The number of nitrogens with zero attached hydrogens (tertiary/aromatic N) is 1. The lowest BCUT2D eigenvalue weighted by Crippen LogP contribution is -2.25. The molecule has 0 fully saturated rings. The van der Waals surface area contributed by atoms with Gasteiger partial charge in [-0.3, -0.25) is 0 Å². The van der Waals surface area contributed by atoms with Gasteiger partial charge < -0.3 is 10.6 Å². The molecule has 0 unspecified atom stereocenters. The van der Waals surface area contributed by atoms with Crippen LogP contribution in [0.3, 0.4) is 0 Å². The maximum absolute atomic E-state index is 5.42. The van der Waals surface area contributed by atoms with E-state index in [-0.39, 0.29) is 0 Å². The molecule has 0 saturated heterocycles. The van der Waals surface area contributed by atoms with Crippen molar-refractivity contribution in [2.45, 2.75) is 39.5 Å². The highest BCUT2D eigenvalue weighted by molar-refractivity contribution is 7.80. The average molecular weight is 202 g/mol. The van der Waals surface area contributed by atoms with Crippen LogP contribution in [-0.4, -0.2) is 29.5 Å². The SMILES string of the molecule is CCCN(CC)CCCCC(N)=S. The highest BCUT2D eigenvalue weighted by Gasteiger charge is 1.99. The molecule has 2 nitrogen and oxygen atoms in total. The van der Waals surface area contributed by atoms with Crippen molar-refractivity contribution in [1.82, 2.24) is 4.90 Å². The van der Waals surface area contributed by atoms with Gasteiger partial charge in [0.15, 0.2) is 0 Å². The first-order chi connectivity index (χ1) is 6.20. The van der Waals surface area contributed by atoms with E-state index in [1.165, 1.54) is 25.9 Å². The molecular weight excluding hydrogens is 180 g/mol. The van der Waals surface area contributed by atoms with Crippen molar-refractivity contribution < 1.29 is 0 Å². The molecule has 3 heteroatoms. The first kappa shape index (κ1) is 12.8. The summed E-state index contributed by atoms with van der Waals surface area (Å²) in [7, 11) is 0. The van der Waals surface area contributed by atoms with Crippen molar-refractivity contribution >= 4 is 17.2 Å². The zero-order valence-corrected chi connectivity index (χ0v) is 9.70. The van der Waals surface area contributed by atoms with Gasteiger partial charge in [-0.05, 0) is 45.3 Å². The number of unbranched alkanes of at least 4 members (excludes halogenated alkanes) is 1. The summed E-state index contributed by atoms with van der Waals surface area (Å²) < 4.78 is 0. The van der Waals surface area contributed by atoms with Crippen LogP contribution >= 0.6 is 12.2 Å². The van der Waals surface area contributed by atoms with Crippen molar-refractivity contribution in [1.29, 1.82) is 0 Å². The van der Waals surface area contributed by atoms with Gasteiger partial charge in [0.25, 0.3) is 0 Å². The smallest absolute Gasteiger partial charge is 0.0727 e. The first-order valence-corrected chi connectivity index (χ1v) is 5.62. The minimum absolute atomic E-state index is 0.651. The van der Waals surface area contributed by atoms with Crippen molar-refractivity contribution in [3.63, 3.8) is 0 Å². The summed E-state index contributed by atoms with van der Waals surface area (Å²) in [6.07, 6.45) is 4.49. The Morgan fingerprint density at radius 2 is 1.92 bits per heavy atom. The van der Waals surface area contributed by atoms with Crippen molar-refractivity contribution in [2.24, 2.45) is 5.73 Å². The molecule has 0 amide bonds. The molecule has 13 heavy (non-hydrogen) atoms. The Labute approximate surface area is 87.5 Å². The highest BCUT2D eigenvalue weighted by atomic mass is 32.1. The van der Waals surface area contributed by atoms with Crippen LogP contribution in [0.4, 0.5) is 0 Å². The molecule has 0 spiro atoms. The van der Waals surface area contributed by atoms with Gasteiger partial charge in [-0.25, -0.2) is 0 Å². The van der Waals surface area contributed by atoms with Crippen LogP contribution in [0.15, 0.2) is 0 Å². The number of hydrogen-bond acceptors (Lipinski definition) is 2. The average Bonchev–Trinajstić information content (AvgIpc) is 2.10. The first-order valence-electron chi connectivity index (χ1n) is 5.21. The predicted molar refractivity (Wildman–Crippen MR) is 63.0 cm³/mol. The normalized spacial score (nSPS) is 10.7. The molecule has 2 N–H and O–H groups in total. The van der Waals surface area contributed by atoms with Crippen LogP contribution in [0, 0.1) is 0 Å².